The molecule has 0 aliphatic carbocycles. The fourth-order valence-corrected chi connectivity index (χ4v) is 1.85. The average Bonchev–Trinajstić information content (AvgIpc) is 2.43. The highest BCUT2D eigenvalue weighted by molar-refractivity contribution is 5.56. The third-order valence-electron chi connectivity index (χ3n) is 3.17. The van der Waals surface area contributed by atoms with Gasteiger partial charge in [0.05, 0.1) is 17.6 Å². The van der Waals surface area contributed by atoms with Gasteiger partial charge in [-0.3, -0.25) is 10.1 Å². The fourth-order valence-electron chi connectivity index (χ4n) is 1.85. The first-order chi connectivity index (χ1) is 9.88. The van der Waals surface area contributed by atoms with Crippen LogP contribution >= 0.6 is 0 Å². The van der Waals surface area contributed by atoms with Crippen molar-refractivity contribution in [1.29, 1.82) is 0 Å². The minimum atomic E-state index is -0.413. The number of non-ortho nitro benzene ring substituents is 1. The number of nitrogens with one attached hydrogen (secondary N) is 1. The molecule has 0 saturated carbocycles. The molecule has 0 radical (unpaired) electrons. The maximum absolute atomic E-state index is 11.0. The second-order valence-corrected chi connectivity index (χ2v) is 5.67. The number of methoxy groups -OCH3 is 1. The summed E-state index contributed by atoms with van der Waals surface area (Å²) in [4.78, 5) is 10.5. The van der Waals surface area contributed by atoms with E-state index in [2.05, 4.69) is 19.2 Å². The molecule has 1 rings (SSSR count). The van der Waals surface area contributed by atoms with Crippen LogP contribution in [0.4, 0.5) is 11.4 Å². The Hall–Kier alpha value is -1.82. The topological polar surface area (TPSA) is 73.6 Å². The Morgan fingerprint density at radius 2 is 2.05 bits per heavy atom. The second kappa shape index (κ2) is 7.83. The molecule has 0 fully saturated rings. The van der Waals surface area contributed by atoms with Gasteiger partial charge >= 0.3 is 0 Å². The SMILES string of the molecule is CCOc1cc(NCC(C)(C)CCOC)cc([N+](=O)[O-])c1. The van der Waals surface area contributed by atoms with E-state index in [0.29, 0.717) is 31.2 Å². The zero-order valence-electron chi connectivity index (χ0n) is 13.1. The summed E-state index contributed by atoms with van der Waals surface area (Å²) in [5.41, 5.74) is 0.753. The van der Waals surface area contributed by atoms with Crippen LogP contribution < -0.4 is 10.1 Å². The summed E-state index contributed by atoms with van der Waals surface area (Å²) < 4.78 is 10.5. The number of hydrogen-bond acceptors (Lipinski definition) is 5. The molecule has 118 valence electrons. The van der Waals surface area contributed by atoms with Gasteiger partial charge in [-0.1, -0.05) is 13.8 Å². The van der Waals surface area contributed by atoms with Crippen LogP contribution in [-0.4, -0.2) is 31.8 Å². The number of nitro benzene ring substituents is 1. The van der Waals surface area contributed by atoms with Crippen LogP contribution in [0.3, 0.4) is 0 Å². The molecule has 6 nitrogen and oxygen atoms in total. The van der Waals surface area contributed by atoms with E-state index < -0.39 is 4.92 Å². The first-order valence-electron chi connectivity index (χ1n) is 7.03. The minimum Gasteiger partial charge on any atom is -0.494 e. The molecule has 0 atom stereocenters. The molecule has 0 spiro atoms. The summed E-state index contributed by atoms with van der Waals surface area (Å²) in [6, 6.07) is 4.74. The number of nitrogens with zero attached hydrogens (tertiary/aromatic N) is 1. The summed E-state index contributed by atoms with van der Waals surface area (Å²) in [6.45, 7) is 7.95. The van der Waals surface area contributed by atoms with Crippen molar-refractivity contribution < 1.29 is 14.4 Å². The summed E-state index contributed by atoms with van der Waals surface area (Å²) in [6.07, 6.45) is 0.906. The molecule has 0 heterocycles. The molecule has 21 heavy (non-hydrogen) atoms. The van der Waals surface area contributed by atoms with Crippen molar-refractivity contribution in [1.82, 2.24) is 0 Å². The average molecular weight is 296 g/mol. The van der Waals surface area contributed by atoms with Gasteiger partial charge in [0.1, 0.15) is 5.75 Å². The Balaban J connectivity index is 2.79. The third-order valence-corrected chi connectivity index (χ3v) is 3.17. The second-order valence-electron chi connectivity index (χ2n) is 5.67. The van der Waals surface area contributed by atoms with E-state index in [-0.39, 0.29) is 11.1 Å². The van der Waals surface area contributed by atoms with Crippen LogP contribution in [0, 0.1) is 15.5 Å². The van der Waals surface area contributed by atoms with Gasteiger partial charge in [0, 0.05) is 38.1 Å². The molecule has 1 aromatic rings. The molecule has 0 saturated heterocycles. The Bertz CT molecular complexity index is 475. The lowest BCUT2D eigenvalue weighted by atomic mass is 9.89. The third kappa shape index (κ3) is 5.99. The van der Waals surface area contributed by atoms with Crippen LogP contribution in [0.25, 0.3) is 0 Å². The lowest BCUT2D eigenvalue weighted by Crippen LogP contribution is -2.24. The number of ether oxygens (including phenoxy) is 2. The van der Waals surface area contributed by atoms with E-state index in [4.69, 9.17) is 9.47 Å². The van der Waals surface area contributed by atoms with Crippen LogP contribution in [0.1, 0.15) is 27.2 Å². The molecule has 0 bridgehead atoms. The van der Waals surface area contributed by atoms with Gasteiger partial charge < -0.3 is 14.8 Å². The largest absolute Gasteiger partial charge is 0.494 e. The van der Waals surface area contributed by atoms with Crippen LogP contribution in [0.5, 0.6) is 5.75 Å². The molecule has 1 aromatic carbocycles. The van der Waals surface area contributed by atoms with Gasteiger partial charge in [0.25, 0.3) is 5.69 Å². The molecule has 6 heteroatoms. The molecule has 1 N–H and O–H groups in total. The van der Waals surface area contributed by atoms with Crippen molar-refractivity contribution in [3.63, 3.8) is 0 Å². The van der Waals surface area contributed by atoms with Crippen LogP contribution in [-0.2, 0) is 4.74 Å². The Kier molecular flexibility index (Phi) is 6.42. The predicted octanol–water partition coefficient (Wildman–Crippen LogP) is 3.47. The Morgan fingerprint density at radius 1 is 1.33 bits per heavy atom. The molecule has 0 aliphatic rings. The van der Waals surface area contributed by atoms with Gasteiger partial charge in [-0.25, -0.2) is 0 Å². The monoisotopic (exact) mass is 296 g/mol. The van der Waals surface area contributed by atoms with Gasteiger partial charge in [-0.05, 0) is 18.8 Å². The number of nitro groups is 1. The normalized spacial score (nSPS) is 11.2. The van der Waals surface area contributed by atoms with E-state index in [1.165, 1.54) is 12.1 Å². The Labute approximate surface area is 125 Å². The van der Waals surface area contributed by atoms with E-state index in [1.54, 1.807) is 13.2 Å². The van der Waals surface area contributed by atoms with Crippen molar-refractivity contribution >= 4 is 11.4 Å². The number of hydrogen-bond donors (Lipinski definition) is 1. The highest BCUT2D eigenvalue weighted by Crippen LogP contribution is 2.28. The first-order valence-corrected chi connectivity index (χ1v) is 7.03. The van der Waals surface area contributed by atoms with Gasteiger partial charge in [-0.2, -0.15) is 0 Å². The lowest BCUT2D eigenvalue weighted by Gasteiger charge is -2.25. The van der Waals surface area contributed by atoms with Crippen LogP contribution in [0.15, 0.2) is 18.2 Å². The zero-order valence-corrected chi connectivity index (χ0v) is 13.1. The van der Waals surface area contributed by atoms with Gasteiger partial charge in [0.15, 0.2) is 0 Å². The van der Waals surface area contributed by atoms with Crippen molar-refractivity contribution in [2.24, 2.45) is 5.41 Å². The lowest BCUT2D eigenvalue weighted by molar-refractivity contribution is -0.384. The van der Waals surface area contributed by atoms with Crippen molar-refractivity contribution in [2.45, 2.75) is 27.2 Å². The summed E-state index contributed by atoms with van der Waals surface area (Å²) in [5, 5.41) is 14.2. The number of anilines is 1. The molecule has 0 aromatic heterocycles. The smallest absolute Gasteiger partial charge is 0.275 e. The zero-order chi connectivity index (χ0) is 15.9. The highest BCUT2D eigenvalue weighted by atomic mass is 16.6. The maximum Gasteiger partial charge on any atom is 0.275 e. The minimum absolute atomic E-state index is 0.0261. The Morgan fingerprint density at radius 3 is 2.62 bits per heavy atom. The fraction of sp³-hybridized carbons (Fsp3) is 0.600. The standard InChI is InChI=1S/C15H24N2O4/c1-5-21-14-9-12(8-13(10-14)17(18)19)16-11-15(2,3)6-7-20-4/h8-10,16H,5-7,11H2,1-4H3. The maximum atomic E-state index is 11.0. The molecule has 0 unspecified atom stereocenters. The highest BCUT2D eigenvalue weighted by Gasteiger charge is 2.18. The predicted molar refractivity (Wildman–Crippen MR) is 83.0 cm³/mol. The van der Waals surface area contributed by atoms with E-state index in [1.807, 2.05) is 6.92 Å². The van der Waals surface area contributed by atoms with E-state index in [0.717, 1.165) is 6.42 Å². The molecule has 0 amide bonds. The summed E-state index contributed by atoms with van der Waals surface area (Å²) in [5.74, 6) is 0.504. The summed E-state index contributed by atoms with van der Waals surface area (Å²) in [7, 11) is 1.68. The first kappa shape index (κ1) is 17.2. The van der Waals surface area contributed by atoms with Crippen LogP contribution in [0.2, 0.25) is 0 Å². The number of benzene rings is 1. The van der Waals surface area contributed by atoms with Crippen molar-refractivity contribution in [2.75, 3.05) is 32.2 Å². The van der Waals surface area contributed by atoms with E-state index in [9.17, 15) is 10.1 Å². The quantitative estimate of drug-likeness (QED) is 0.558. The summed E-state index contributed by atoms with van der Waals surface area (Å²) >= 11 is 0. The van der Waals surface area contributed by atoms with Crippen molar-refractivity contribution in [3.8, 4) is 5.75 Å². The molecular weight excluding hydrogens is 272 g/mol. The molecular formula is C15H24N2O4. The molecule has 0 aliphatic heterocycles. The van der Waals surface area contributed by atoms with E-state index >= 15 is 0 Å². The van der Waals surface area contributed by atoms with Crippen molar-refractivity contribution in [3.05, 3.63) is 28.3 Å². The number of rotatable bonds is 9. The van der Waals surface area contributed by atoms with Gasteiger partial charge in [-0.15, -0.1) is 0 Å². The van der Waals surface area contributed by atoms with Gasteiger partial charge in [0.2, 0.25) is 0 Å².